The van der Waals surface area contributed by atoms with Crippen LogP contribution in [-0.4, -0.2) is 45.8 Å². The summed E-state index contributed by atoms with van der Waals surface area (Å²) in [5.41, 5.74) is 0.727. The average Bonchev–Trinajstić information content (AvgIpc) is 2.95. The Bertz CT molecular complexity index is 555. The van der Waals surface area contributed by atoms with Crippen LogP contribution in [-0.2, 0) is 11.2 Å². The summed E-state index contributed by atoms with van der Waals surface area (Å²) < 4.78 is 0. The average molecular weight is 327 g/mol. The molecule has 1 fully saturated rings. The van der Waals surface area contributed by atoms with Gasteiger partial charge in [-0.1, -0.05) is 18.7 Å². The van der Waals surface area contributed by atoms with Crippen LogP contribution in [0.1, 0.15) is 33.7 Å². The molecule has 114 valence electrons. The number of aryl methyl sites for hydroxylation is 2. The fourth-order valence-corrected chi connectivity index (χ4v) is 3.78. The molecule has 3 amide bonds. The number of carbonyl (C=O) groups is 3. The first-order chi connectivity index (χ1) is 10.0. The van der Waals surface area contributed by atoms with Crippen molar-refractivity contribution in [3.63, 3.8) is 0 Å². The molecule has 21 heavy (non-hydrogen) atoms. The van der Waals surface area contributed by atoms with Crippen molar-refractivity contribution in [1.82, 2.24) is 15.2 Å². The van der Waals surface area contributed by atoms with E-state index in [0.717, 1.165) is 35.3 Å². The molecule has 0 unspecified atom stereocenters. The summed E-state index contributed by atoms with van der Waals surface area (Å²) in [6.07, 6.45) is 1.86. The van der Waals surface area contributed by atoms with Crippen molar-refractivity contribution in [2.75, 3.05) is 18.8 Å². The van der Waals surface area contributed by atoms with Crippen LogP contribution < -0.4 is 5.32 Å². The summed E-state index contributed by atoms with van der Waals surface area (Å²) in [7, 11) is 0. The normalized spacial score (nSPS) is 14.9. The summed E-state index contributed by atoms with van der Waals surface area (Å²) in [6, 6.07) is 0. The molecule has 8 heteroatoms. The molecule has 0 aliphatic carbocycles. The summed E-state index contributed by atoms with van der Waals surface area (Å²) in [6.45, 7) is 4.36. The van der Waals surface area contributed by atoms with Crippen molar-refractivity contribution in [2.24, 2.45) is 0 Å². The Hall–Kier alpha value is -1.41. The van der Waals surface area contributed by atoms with E-state index in [1.54, 1.807) is 0 Å². The number of hydrogen-bond acceptors (Lipinski definition) is 6. The van der Waals surface area contributed by atoms with Crippen LogP contribution in [0.3, 0.4) is 0 Å². The molecule has 1 aromatic heterocycles. The second-order valence-electron chi connectivity index (χ2n) is 4.63. The lowest BCUT2D eigenvalue weighted by molar-refractivity contribution is -0.124. The third-order valence-electron chi connectivity index (χ3n) is 2.97. The summed E-state index contributed by atoms with van der Waals surface area (Å²) in [5.74, 6) is -0.196. The number of thiazole rings is 1. The van der Waals surface area contributed by atoms with Crippen LogP contribution >= 0.6 is 23.1 Å². The van der Waals surface area contributed by atoms with E-state index in [2.05, 4.69) is 17.2 Å². The second-order valence-corrected chi connectivity index (χ2v) is 6.64. The smallest absolute Gasteiger partial charge is 0.288 e. The van der Waals surface area contributed by atoms with Crippen LogP contribution in [0.15, 0.2) is 0 Å². The molecule has 0 radical (unpaired) electrons. The molecule has 1 aromatic rings. The lowest BCUT2D eigenvalue weighted by atomic mass is 10.3. The zero-order chi connectivity index (χ0) is 15.4. The summed E-state index contributed by atoms with van der Waals surface area (Å²) in [4.78, 5) is 41.1. The zero-order valence-electron chi connectivity index (χ0n) is 12.0. The number of nitrogens with zero attached hydrogens (tertiary/aromatic N) is 2. The molecule has 0 bridgehead atoms. The Morgan fingerprint density at radius 1 is 1.43 bits per heavy atom. The summed E-state index contributed by atoms with van der Waals surface area (Å²) >= 11 is 2.40. The lowest BCUT2D eigenvalue weighted by Gasteiger charge is -2.12. The molecular formula is C13H17N3O3S2. The molecule has 0 atom stereocenters. The quantitative estimate of drug-likeness (QED) is 0.862. The van der Waals surface area contributed by atoms with Gasteiger partial charge in [0, 0.05) is 13.1 Å². The van der Waals surface area contributed by atoms with E-state index in [1.165, 1.54) is 16.2 Å². The fourth-order valence-electron chi connectivity index (χ4n) is 1.94. The van der Waals surface area contributed by atoms with Gasteiger partial charge < -0.3 is 5.32 Å². The topological polar surface area (TPSA) is 79.4 Å². The zero-order valence-corrected chi connectivity index (χ0v) is 13.6. The molecule has 1 saturated heterocycles. The Morgan fingerprint density at radius 3 is 2.81 bits per heavy atom. The van der Waals surface area contributed by atoms with Crippen LogP contribution in [0.5, 0.6) is 0 Å². The van der Waals surface area contributed by atoms with Gasteiger partial charge in [0.05, 0.1) is 16.5 Å². The van der Waals surface area contributed by atoms with E-state index in [9.17, 15) is 14.4 Å². The van der Waals surface area contributed by atoms with Gasteiger partial charge in [0.1, 0.15) is 4.88 Å². The first kappa shape index (κ1) is 16.0. The van der Waals surface area contributed by atoms with Crippen LogP contribution in [0.25, 0.3) is 0 Å². The molecule has 0 aromatic carbocycles. The van der Waals surface area contributed by atoms with Crippen molar-refractivity contribution in [1.29, 1.82) is 0 Å². The highest BCUT2D eigenvalue weighted by Crippen LogP contribution is 2.20. The van der Waals surface area contributed by atoms with E-state index < -0.39 is 0 Å². The van der Waals surface area contributed by atoms with E-state index in [1.807, 2.05) is 6.92 Å². The predicted octanol–water partition coefficient (Wildman–Crippen LogP) is 1.83. The molecule has 1 aliphatic rings. The number of rotatable bonds is 6. The van der Waals surface area contributed by atoms with Gasteiger partial charge in [0.15, 0.2) is 0 Å². The fraction of sp³-hybridized carbons (Fsp3) is 0.538. The molecule has 0 saturated carbocycles. The van der Waals surface area contributed by atoms with E-state index in [0.29, 0.717) is 4.88 Å². The molecular weight excluding hydrogens is 310 g/mol. The number of thioether (sulfide) groups is 1. The minimum absolute atomic E-state index is 0.195. The molecule has 2 heterocycles. The van der Waals surface area contributed by atoms with E-state index in [-0.39, 0.29) is 35.9 Å². The molecule has 2 rings (SSSR count). The number of nitrogens with one attached hydrogen (secondary N) is 1. The maximum absolute atomic E-state index is 12.1. The van der Waals surface area contributed by atoms with Gasteiger partial charge in [-0.3, -0.25) is 19.3 Å². The van der Waals surface area contributed by atoms with Gasteiger partial charge in [0.2, 0.25) is 5.91 Å². The molecule has 0 spiro atoms. The lowest BCUT2D eigenvalue weighted by Crippen LogP contribution is -2.37. The highest BCUT2D eigenvalue weighted by molar-refractivity contribution is 8.14. The third-order valence-corrected chi connectivity index (χ3v) is 5.05. The van der Waals surface area contributed by atoms with Gasteiger partial charge in [0.25, 0.3) is 11.1 Å². The van der Waals surface area contributed by atoms with E-state index >= 15 is 0 Å². The number of amides is 3. The minimum atomic E-state index is -0.242. The minimum Gasteiger partial charge on any atom is -0.349 e. The maximum Gasteiger partial charge on any atom is 0.288 e. The number of imide groups is 1. The van der Waals surface area contributed by atoms with Crippen molar-refractivity contribution in [3.05, 3.63) is 15.6 Å². The first-order valence-corrected chi connectivity index (χ1v) is 8.54. The van der Waals surface area contributed by atoms with Crippen molar-refractivity contribution < 1.29 is 14.4 Å². The largest absolute Gasteiger partial charge is 0.349 e. The number of hydrogen-bond donors (Lipinski definition) is 1. The van der Waals surface area contributed by atoms with Gasteiger partial charge >= 0.3 is 0 Å². The van der Waals surface area contributed by atoms with Gasteiger partial charge in [-0.2, -0.15) is 0 Å². The highest BCUT2D eigenvalue weighted by Gasteiger charge is 2.29. The van der Waals surface area contributed by atoms with Crippen molar-refractivity contribution in [3.8, 4) is 0 Å². The molecule has 1 N–H and O–H groups in total. The van der Waals surface area contributed by atoms with Crippen LogP contribution in [0.2, 0.25) is 0 Å². The van der Waals surface area contributed by atoms with Gasteiger partial charge in [-0.15, -0.1) is 11.3 Å². The maximum atomic E-state index is 12.1. The molecule has 6 nitrogen and oxygen atoms in total. The SMILES string of the molecule is CCCc1nc(C)c(C(=O)NCCN2C(=O)CSC2=O)s1. The number of aromatic nitrogens is 1. The Balaban J connectivity index is 1.87. The van der Waals surface area contributed by atoms with Crippen LogP contribution in [0.4, 0.5) is 4.79 Å². The molecule has 1 aliphatic heterocycles. The standard InChI is InChI=1S/C13H17N3O3S2/c1-3-4-9-15-8(2)11(21-9)12(18)14-5-6-16-10(17)7-20-13(16)19/h3-7H2,1-2H3,(H,14,18). The first-order valence-electron chi connectivity index (χ1n) is 6.74. The third kappa shape index (κ3) is 3.82. The van der Waals surface area contributed by atoms with Gasteiger partial charge in [-0.05, 0) is 19.8 Å². The number of carbonyl (C=O) groups excluding carboxylic acids is 3. The monoisotopic (exact) mass is 327 g/mol. The highest BCUT2D eigenvalue weighted by atomic mass is 32.2. The van der Waals surface area contributed by atoms with Gasteiger partial charge in [-0.25, -0.2) is 4.98 Å². The Labute approximate surface area is 131 Å². The van der Waals surface area contributed by atoms with Crippen molar-refractivity contribution in [2.45, 2.75) is 26.7 Å². The summed E-state index contributed by atoms with van der Waals surface area (Å²) in [5, 5.41) is 3.46. The second kappa shape index (κ2) is 7.04. The Morgan fingerprint density at radius 2 is 2.19 bits per heavy atom. The van der Waals surface area contributed by atoms with Crippen LogP contribution in [0, 0.1) is 6.92 Å². The van der Waals surface area contributed by atoms with Crippen molar-refractivity contribution >= 4 is 40.2 Å². The predicted molar refractivity (Wildman–Crippen MR) is 82.7 cm³/mol. The Kier molecular flexibility index (Phi) is 5.35. The van der Waals surface area contributed by atoms with E-state index in [4.69, 9.17) is 0 Å².